The van der Waals surface area contributed by atoms with Gasteiger partial charge in [-0.05, 0) is 24.3 Å². The van der Waals surface area contributed by atoms with Crippen LogP contribution in [0.5, 0.6) is 5.75 Å². The fourth-order valence-corrected chi connectivity index (χ4v) is 3.20. The molecule has 0 unspecified atom stereocenters. The molecule has 1 N–H and O–H groups in total. The number of hydrogen-bond acceptors (Lipinski definition) is 5. The van der Waals surface area contributed by atoms with E-state index in [1.165, 1.54) is 18.4 Å². The molecule has 1 heterocycles. The largest absolute Gasteiger partial charge is 0.495 e. The molecule has 114 valence electrons. The number of amides is 1. The third kappa shape index (κ3) is 3.00. The van der Waals surface area contributed by atoms with E-state index in [1.807, 2.05) is 36.4 Å². The third-order valence-electron chi connectivity index (χ3n) is 3.31. The zero-order chi connectivity index (χ0) is 16.2. The molecule has 3 aromatic rings. The standard InChI is InChI=1S/C17H13N3O2S/c1-22-14-8-4-2-6-12(14)19-16(21)11(10-18)17-20-13-7-3-5-9-15(13)23-17/h2-9,11H,1H3,(H,19,21)/t11-/m1/s1. The zero-order valence-corrected chi connectivity index (χ0v) is 13.1. The van der Waals surface area contributed by atoms with Crippen LogP contribution < -0.4 is 10.1 Å². The van der Waals surface area contributed by atoms with Gasteiger partial charge in [-0.2, -0.15) is 5.26 Å². The molecule has 0 aliphatic rings. The van der Waals surface area contributed by atoms with Gasteiger partial charge in [-0.15, -0.1) is 11.3 Å². The first-order chi connectivity index (χ1) is 11.2. The molecule has 1 amide bonds. The predicted molar refractivity (Wildman–Crippen MR) is 89.6 cm³/mol. The topological polar surface area (TPSA) is 75.0 Å². The molecule has 0 aliphatic heterocycles. The number of nitrogens with one attached hydrogen (secondary N) is 1. The Labute approximate surface area is 137 Å². The quantitative estimate of drug-likeness (QED) is 0.796. The number of aromatic nitrogens is 1. The zero-order valence-electron chi connectivity index (χ0n) is 12.3. The van der Waals surface area contributed by atoms with Crippen molar-refractivity contribution in [1.29, 1.82) is 5.26 Å². The molecule has 0 aliphatic carbocycles. The van der Waals surface area contributed by atoms with Crippen molar-refractivity contribution in [3.05, 3.63) is 53.5 Å². The number of hydrogen-bond donors (Lipinski definition) is 1. The van der Waals surface area contributed by atoms with E-state index in [4.69, 9.17) is 4.74 Å². The van der Waals surface area contributed by atoms with Crippen molar-refractivity contribution >= 4 is 33.1 Å². The molecule has 1 atom stereocenters. The second-order valence-corrected chi connectivity index (χ2v) is 5.83. The van der Waals surface area contributed by atoms with Crippen molar-refractivity contribution < 1.29 is 9.53 Å². The fourth-order valence-electron chi connectivity index (χ4n) is 2.19. The Bertz CT molecular complexity index is 865. The first-order valence-electron chi connectivity index (χ1n) is 6.92. The molecule has 0 saturated heterocycles. The molecule has 3 rings (SSSR count). The number of ether oxygens (including phenoxy) is 1. The van der Waals surface area contributed by atoms with Crippen molar-refractivity contribution in [1.82, 2.24) is 4.98 Å². The number of para-hydroxylation sites is 3. The monoisotopic (exact) mass is 323 g/mol. The van der Waals surface area contributed by atoms with E-state index >= 15 is 0 Å². The molecule has 5 nitrogen and oxygen atoms in total. The van der Waals surface area contributed by atoms with Crippen LogP contribution in [0.4, 0.5) is 5.69 Å². The Morgan fingerprint density at radius 3 is 2.74 bits per heavy atom. The number of rotatable bonds is 4. The van der Waals surface area contributed by atoms with Gasteiger partial charge in [-0.3, -0.25) is 4.79 Å². The second-order valence-electron chi connectivity index (χ2n) is 4.77. The van der Waals surface area contributed by atoms with Gasteiger partial charge in [0, 0.05) is 0 Å². The van der Waals surface area contributed by atoms with Crippen molar-refractivity contribution in [3.8, 4) is 11.8 Å². The average Bonchev–Trinajstić information content (AvgIpc) is 2.99. The van der Waals surface area contributed by atoms with Gasteiger partial charge in [0.1, 0.15) is 10.8 Å². The van der Waals surface area contributed by atoms with Gasteiger partial charge in [0.05, 0.1) is 29.1 Å². The number of nitrogens with zero attached hydrogens (tertiary/aromatic N) is 2. The summed E-state index contributed by atoms with van der Waals surface area (Å²) in [6, 6.07) is 16.7. The molecule has 0 spiro atoms. The Morgan fingerprint density at radius 1 is 1.26 bits per heavy atom. The Balaban J connectivity index is 1.88. The van der Waals surface area contributed by atoms with E-state index in [9.17, 15) is 10.1 Å². The van der Waals surface area contributed by atoms with Gasteiger partial charge in [-0.1, -0.05) is 24.3 Å². The van der Waals surface area contributed by atoms with Crippen molar-refractivity contribution in [2.24, 2.45) is 0 Å². The molecule has 1 aromatic heterocycles. The fraction of sp³-hybridized carbons (Fsp3) is 0.118. The van der Waals surface area contributed by atoms with Crippen LogP contribution in [0, 0.1) is 11.3 Å². The van der Waals surface area contributed by atoms with Crippen molar-refractivity contribution in [2.45, 2.75) is 5.92 Å². The molecular weight excluding hydrogens is 310 g/mol. The highest BCUT2D eigenvalue weighted by Gasteiger charge is 2.24. The lowest BCUT2D eigenvalue weighted by molar-refractivity contribution is -0.116. The highest BCUT2D eigenvalue weighted by molar-refractivity contribution is 7.18. The highest BCUT2D eigenvalue weighted by atomic mass is 32.1. The second kappa shape index (κ2) is 6.46. The number of fused-ring (bicyclic) bond motifs is 1. The maximum absolute atomic E-state index is 12.5. The summed E-state index contributed by atoms with van der Waals surface area (Å²) < 4.78 is 6.15. The van der Waals surface area contributed by atoms with Crippen LogP contribution in [0.25, 0.3) is 10.2 Å². The van der Waals surface area contributed by atoms with Crippen molar-refractivity contribution in [2.75, 3.05) is 12.4 Å². The highest BCUT2D eigenvalue weighted by Crippen LogP contribution is 2.29. The summed E-state index contributed by atoms with van der Waals surface area (Å²) in [7, 11) is 1.53. The van der Waals surface area contributed by atoms with E-state index < -0.39 is 11.8 Å². The molecule has 0 saturated carbocycles. The van der Waals surface area contributed by atoms with Crippen LogP contribution in [0.3, 0.4) is 0 Å². The summed E-state index contributed by atoms with van der Waals surface area (Å²) in [5.74, 6) is -0.838. The Kier molecular flexibility index (Phi) is 4.22. The van der Waals surface area contributed by atoms with Crippen LogP contribution in [-0.4, -0.2) is 18.0 Å². The molecule has 2 aromatic carbocycles. The minimum atomic E-state index is -0.961. The lowest BCUT2D eigenvalue weighted by atomic mass is 10.1. The maximum Gasteiger partial charge on any atom is 0.248 e. The Morgan fingerprint density at radius 2 is 2.00 bits per heavy atom. The normalized spacial score (nSPS) is 11.7. The van der Waals surface area contributed by atoms with E-state index in [2.05, 4.69) is 10.3 Å². The average molecular weight is 323 g/mol. The van der Waals surface area contributed by atoms with Crippen LogP contribution in [0.2, 0.25) is 0 Å². The van der Waals surface area contributed by atoms with Crippen molar-refractivity contribution in [3.63, 3.8) is 0 Å². The van der Waals surface area contributed by atoms with Gasteiger partial charge in [0.25, 0.3) is 0 Å². The molecule has 6 heteroatoms. The smallest absolute Gasteiger partial charge is 0.248 e. The van der Waals surface area contributed by atoms with Crippen LogP contribution >= 0.6 is 11.3 Å². The van der Waals surface area contributed by atoms with E-state index in [0.29, 0.717) is 16.4 Å². The minimum absolute atomic E-state index is 0.420. The summed E-state index contributed by atoms with van der Waals surface area (Å²) in [5.41, 5.74) is 1.32. The van der Waals surface area contributed by atoms with Gasteiger partial charge in [0.2, 0.25) is 5.91 Å². The van der Waals surface area contributed by atoms with Gasteiger partial charge in [0.15, 0.2) is 5.92 Å². The minimum Gasteiger partial charge on any atom is -0.495 e. The third-order valence-corrected chi connectivity index (χ3v) is 4.41. The number of thiazole rings is 1. The number of methoxy groups -OCH3 is 1. The first-order valence-corrected chi connectivity index (χ1v) is 7.73. The van der Waals surface area contributed by atoms with Gasteiger partial charge in [-0.25, -0.2) is 4.98 Å². The number of anilines is 1. The summed E-state index contributed by atoms with van der Waals surface area (Å²) in [6.07, 6.45) is 0. The number of benzene rings is 2. The number of carbonyl (C=O) groups excluding carboxylic acids is 1. The first kappa shape index (κ1) is 15.0. The summed E-state index contributed by atoms with van der Waals surface area (Å²) >= 11 is 1.35. The number of carbonyl (C=O) groups is 1. The predicted octanol–water partition coefficient (Wildman–Crippen LogP) is 3.55. The Hall–Kier alpha value is -2.91. The van der Waals surface area contributed by atoms with E-state index in [-0.39, 0.29) is 0 Å². The maximum atomic E-state index is 12.5. The lowest BCUT2D eigenvalue weighted by Crippen LogP contribution is -2.20. The van der Waals surface area contributed by atoms with Gasteiger partial charge < -0.3 is 10.1 Å². The van der Waals surface area contributed by atoms with Crippen LogP contribution in [0.1, 0.15) is 10.9 Å². The summed E-state index contributed by atoms with van der Waals surface area (Å²) in [5, 5.41) is 12.6. The van der Waals surface area contributed by atoms with Gasteiger partial charge >= 0.3 is 0 Å². The number of nitriles is 1. The molecular formula is C17H13N3O2S. The lowest BCUT2D eigenvalue weighted by Gasteiger charge is -2.11. The molecule has 0 radical (unpaired) electrons. The van der Waals surface area contributed by atoms with E-state index in [0.717, 1.165) is 10.2 Å². The van der Waals surface area contributed by atoms with Crippen LogP contribution in [0.15, 0.2) is 48.5 Å². The van der Waals surface area contributed by atoms with Crippen LogP contribution in [-0.2, 0) is 4.79 Å². The summed E-state index contributed by atoms with van der Waals surface area (Å²) in [6.45, 7) is 0. The summed E-state index contributed by atoms with van der Waals surface area (Å²) in [4.78, 5) is 16.9. The van der Waals surface area contributed by atoms with E-state index in [1.54, 1.807) is 18.2 Å². The molecule has 0 fully saturated rings. The SMILES string of the molecule is COc1ccccc1NC(=O)[C@@H](C#N)c1nc2ccccc2s1. The molecule has 0 bridgehead atoms. The molecule has 23 heavy (non-hydrogen) atoms.